The zero-order chi connectivity index (χ0) is 24.4. The van der Waals surface area contributed by atoms with E-state index in [9.17, 15) is 19.5 Å². The molecule has 0 unspecified atom stereocenters. The molecule has 35 heavy (non-hydrogen) atoms. The van der Waals surface area contributed by atoms with E-state index in [-0.39, 0.29) is 31.2 Å². The second-order valence-electron chi connectivity index (χ2n) is 8.84. The standard InChI is InChI=1S/C26H24N4O5/c31-23(30-15-26(9-10-26)24(32)33)16-11-27-22(28-12-16)13-29-25(34)35-14-21-19-7-3-1-5-17(19)18-6-2-4-8-20(18)21/h1-8,11-12,21H,9-10,13-15H2,(H,29,34)(H,30,31)(H,32,33). The topological polar surface area (TPSA) is 131 Å². The number of fused-ring (bicyclic) bond motifs is 3. The van der Waals surface area contributed by atoms with Crippen LogP contribution in [0.25, 0.3) is 11.1 Å². The van der Waals surface area contributed by atoms with E-state index in [1.54, 1.807) is 0 Å². The number of benzene rings is 2. The van der Waals surface area contributed by atoms with Crippen LogP contribution in [0.5, 0.6) is 0 Å². The van der Waals surface area contributed by atoms with Crippen molar-refractivity contribution in [2.24, 2.45) is 5.41 Å². The summed E-state index contributed by atoms with van der Waals surface area (Å²) in [4.78, 5) is 44.0. The molecule has 0 saturated heterocycles. The number of aliphatic carboxylic acids is 1. The van der Waals surface area contributed by atoms with Gasteiger partial charge in [0.15, 0.2) is 0 Å². The summed E-state index contributed by atoms with van der Waals surface area (Å²) < 4.78 is 5.49. The van der Waals surface area contributed by atoms with Crippen molar-refractivity contribution in [2.45, 2.75) is 25.3 Å². The van der Waals surface area contributed by atoms with Crippen molar-refractivity contribution in [3.8, 4) is 11.1 Å². The Balaban J connectivity index is 1.12. The van der Waals surface area contributed by atoms with E-state index in [4.69, 9.17) is 4.74 Å². The highest BCUT2D eigenvalue weighted by Gasteiger charge is 2.50. The summed E-state index contributed by atoms with van der Waals surface area (Å²) in [5, 5.41) is 14.4. The fraction of sp³-hybridized carbons (Fsp3) is 0.269. The number of aromatic nitrogens is 2. The highest BCUT2D eigenvalue weighted by Crippen LogP contribution is 2.45. The summed E-state index contributed by atoms with van der Waals surface area (Å²) in [5.74, 6) is -1.05. The summed E-state index contributed by atoms with van der Waals surface area (Å²) in [6.45, 7) is 0.324. The average molecular weight is 473 g/mol. The first kappa shape index (κ1) is 22.5. The molecular formula is C26H24N4O5. The number of nitrogens with one attached hydrogen (secondary N) is 2. The van der Waals surface area contributed by atoms with Gasteiger partial charge in [0.05, 0.1) is 17.5 Å². The minimum Gasteiger partial charge on any atom is -0.481 e. The van der Waals surface area contributed by atoms with E-state index in [1.165, 1.54) is 12.4 Å². The van der Waals surface area contributed by atoms with E-state index in [1.807, 2.05) is 24.3 Å². The number of amides is 2. The second kappa shape index (κ2) is 9.17. The van der Waals surface area contributed by atoms with Crippen molar-refractivity contribution in [1.82, 2.24) is 20.6 Å². The highest BCUT2D eigenvalue weighted by molar-refractivity contribution is 5.94. The zero-order valence-electron chi connectivity index (χ0n) is 18.9. The van der Waals surface area contributed by atoms with Crippen molar-refractivity contribution in [3.05, 3.63) is 83.4 Å². The maximum Gasteiger partial charge on any atom is 0.407 e. The lowest BCUT2D eigenvalue weighted by molar-refractivity contribution is -0.143. The molecule has 1 heterocycles. The first-order chi connectivity index (χ1) is 17.0. The Morgan fingerprint density at radius 3 is 2.11 bits per heavy atom. The Hall–Kier alpha value is -4.27. The lowest BCUT2D eigenvalue weighted by Crippen LogP contribution is -2.34. The molecule has 0 spiro atoms. The fourth-order valence-corrected chi connectivity index (χ4v) is 4.33. The van der Waals surface area contributed by atoms with Gasteiger partial charge in [-0.3, -0.25) is 9.59 Å². The van der Waals surface area contributed by atoms with Crippen LogP contribution in [-0.4, -0.2) is 46.2 Å². The van der Waals surface area contributed by atoms with E-state index in [0.29, 0.717) is 18.7 Å². The molecule has 2 aliphatic carbocycles. The molecule has 0 radical (unpaired) electrons. The molecule has 3 aromatic rings. The third-order valence-corrected chi connectivity index (χ3v) is 6.60. The zero-order valence-corrected chi connectivity index (χ0v) is 18.9. The highest BCUT2D eigenvalue weighted by atomic mass is 16.5. The number of carboxylic acids is 1. The number of hydrogen-bond acceptors (Lipinski definition) is 6. The Morgan fingerprint density at radius 2 is 1.54 bits per heavy atom. The van der Waals surface area contributed by atoms with Gasteiger partial charge in [-0.1, -0.05) is 48.5 Å². The Morgan fingerprint density at radius 1 is 0.943 bits per heavy atom. The van der Waals surface area contributed by atoms with Crippen LogP contribution in [0.1, 0.15) is 46.1 Å². The summed E-state index contributed by atoms with van der Waals surface area (Å²) >= 11 is 0. The largest absolute Gasteiger partial charge is 0.481 e. The van der Waals surface area contributed by atoms with Crippen LogP contribution in [0.4, 0.5) is 4.79 Å². The van der Waals surface area contributed by atoms with Crippen molar-refractivity contribution in [2.75, 3.05) is 13.2 Å². The van der Waals surface area contributed by atoms with Crippen molar-refractivity contribution in [3.63, 3.8) is 0 Å². The Kier molecular flexibility index (Phi) is 5.90. The SMILES string of the molecule is O=C(NCc1ncc(C(=O)NCC2(C(=O)O)CC2)cn1)OCC1c2ccccc2-c2ccccc21. The smallest absolute Gasteiger partial charge is 0.407 e. The first-order valence-electron chi connectivity index (χ1n) is 11.4. The van der Waals surface area contributed by atoms with E-state index >= 15 is 0 Å². The Bertz CT molecular complexity index is 1240. The van der Waals surface area contributed by atoms with Gasteiger partial charge in [0.1, 0.15) is 12.4 Å². The van der Waals surface area contributed by atoms with Crippen molar-refractivity contribution in [1.29, 1.82) is 0 Å². The third-order valence-electron chi connectivity index (χ3n) is 6.60. The van der Waals surface area contributed by atoms with Crippen LogP contribution < -0.4 is 10.6 Å². The number of carbonyl (C=O) groups excluding carboxylic acids is 2. The summed E-state index contributed by atoms with van der Waals surface area (Å²) in [5.41, 5.74) is 3.96. The van der Waals surface area contributed by atoms with E-state index < -0.39 is 23.4 Å². The molecule has 2 aliphatic rings. The van der Waals surface area contributed by atoms with Gasteiger partial charge in [-0.05, 0) is 35.1 Å². The average Bonchev–Trinajstić information content (AvgIpc) is 3.62. The lowest BCUT2D eigenvalue weighted by atomic mass is 9.98. The van der Waals surface area contributed by atoms with Gasteiger partial charge >= 0.3 is 12.1 Å². The number of nitrogens with zero attached hydrogens (tertiary/aromatic N) is 2. The lowest BCUT2D eigenvalue weighted by Gasteiger charge is -2.14. The molecule has 1 saturated carbocycles. The maximum absolute atomic E-state index is 12.3. The van der Waals surface area contributed by atoms with Gasteiger partial charge in [0.2, 0.25) is 0 Å². The number of ether oxygens (including phenoxy) is 1. The number of carboxylic acid groups (broad SMARTS) is 1. The molecule has 0 aliphatic heterocycles. The molecule has 1 fully saturated rings. The maximum atomic E-state index is 12.3. The molecule has 178 valence electrons. The van der Waals surface area contributed by atoms with Gasteiger partial charge in [-0.2, -0.15) is 0 Å². The molecule has 2 aromatic carbocycles. The molecule has 2 amide bonds. The van der Waals surface area contributed by atoms with Crippen molar-refractivity contribution < 1.29 is 24.2 Å². The summed E-state index contributed by atoms with van der Waals surface area (Å²) in [7, 11) is 0. The minimum atomic E-state index is -0.899. The number of carbonyl (C=O) groups is 3. The van der Waals surface area contributed by atoms with Gasteiger partial charge in [0.25, 0.3) is 5.91 Å². The molecule has 9 nitrogen and oxygen atoms in total. The second-order valence-corrected chi connectivity index (χ2v) is 8.84. The molecule has 0 atom stereocenters. The van der Waals surface area contributed by atoms with Crippen LogP contribution in [0, 0.1) is 5.41 Å². The van der Waals surface area contributed by atoms with E-state index in [0.717, 1.165) is 22.3 Å². The van der Waals surface area contributed by atoms with Gasteiger partial charge in [-0.25, -0.2) is 14.8 Å². The monoisotopic (exact) mass is 472 g/mol. The van der Waals surface area contributed by atoms with Gasteiger partial charge < -0.3 is 20.5 Å². The Labute approximate surface area is 201 Å². The molecule has 5 rings (SSSR count). The predicted molar refractivity (Wildman–Crippen MR) is 126 cm³/mol. The molecule has 3 N–H and O–H groups in total. The fourth-order valence-electron chi connectivity index (χ4n) is 4.33. The number of rotatable bonds is 8. The van der Waals surface area contributed by atoms with Crippen LogP contribution in [0.2, 0.25) is 0 Å². The van der Waals surface area contributed by atoms with E-state index in [2.05, 4.69) is 44.9 Å². The van der Waals surface area contributed by atoms with Gasteiger partial charge in [-0.15, -0.1) is 0 Å². The summed E-state index contributed by atoms with van der Waals surface area (Å²) in [6, 6.07) is 16.2. The normalized spacial score (nSPS) is 15.0. The first-order valence-corrected chi connectivity index (χ1v) is 11.4. The molecule has 1 aromatic heterocycles. The van der Waals surface area contributed by atoms with Crippen molar-refractivity contribution >= 4 is 18.0 Å². The summed E-state index contributed by atoms with van der Waals surface area (Å²) in [6.07, 6.45) is 3.22. The predicted octanol–water partition coefficient (Wildman–Crippen LogP) is 3.11. The number of alkyl carbamates (subject to hydrolysis) is 1. The van der Waals surface area contributed by atoms with Gasteiger partial charge in [0, 0.05) is 24.9 Å². The molecule has 9 heteroatoms. The molecular weight excluding hydrogens is 448 g/mol. The van der Waals surface area contributed by atoms with Crippen LogP contribution >= 0.6 is 0 Å². The van der Waals surface area contributed by atoms with Crippen LogP contribution in [-0.2, 0) is 16.1 Å². The van der Waals surface area contributed by atoms with Crippen LogP contribution in [0.3, 0.4) is 0 Å². The third kappa shape index (κ3) is 4.57. The van der Waals surface area contributed by atoms with Crippen LogP contribution in [0.15, 0.2) is 60.9 Å². The number of hydrogen-bond donors (Lipinski definition) is 3. The quantitative estimate of drug-likeness (QED) is 0.459. The minimum absolute atomic E-state index is 0.0295. The molecule has 0 bridgehead atoms.